The highest BCUT2D eigenvalue weighted by Crippen LogP contribution is 2.29. The minimum absolute atomic E-state index is 0.107. The number of nitrogens with zero attached hydrogens (tertiary/aromatic N) is 1. The summed E-state index contributed by atoms with van der Waals surface area (Å²) in [4.78, 5) is 2.34. The van der Waals surface area contributed by atoms with Gasteiger partial charge in [0.1, 0.15) is 5.82 Å². The zero-order chi connectivity index (χ0) is 14.5. The summed E-state index contributed by atoms with van der Waals surface area (Å²) in [7, 11) is 2.14. The van der Waals surface area contributed by atoms with Crippen LogP contribution in [0.4, 0.5) is 10.1 Å². The first-order chi connectivity index (χ1) is 9.61. The molecule has 0 bridgehead atoms. The van der Waals surface area contributed by atoms with Crippen LogP contribution >= 0.6 is 0 Å². The average molecular weight is 278 g/mol. The van der Waals surface area contributed by atoms with Gasteiger partial charge in [0.05, 0.1) is 0 Å². The van der Waals surface area contributed by atoms with Crippen molar-refractivity contribution in [2.45, 2.75) is 64.0 Å². The van der Waals surface area contributed by atoms with Crippen LogP contribution in [0.2, 0.25) is 0 Å². The molecule has 1 unspecified atom stereocenters. The molecule has 0 amide bonds. The van der Waals surface area contributed by atoms with E-state index >= 15 is 0 Å². The fourth-order valence-corrected chi connectivity index (χ4v) is 3.15. The van der Waals surface area contributed by atoms with E-state index in [0.29, 0.717) is 6.04 Å². The Bertz CT molecular complexity index is 427. The van der Waals surface area contributed by atoms with Gasteiger partial charge in [-0.3, -0.25) is 0 Å². The van der Waals surface area contributed by atoms with Gasteiger partial charge in [-0.1, -0.05) is 26.2 Å². The first-order valence-electron chi connectivity index (χ1n) is 7.88. The van der Waals surface area contributed by atoms with Crippen molar-refractivity contribution in [2.24, 2.45) is 5.73 Å². The Morgan fingerprint density at radius 2 is 2.00 bits per heavy atom. The van der Waals surface area contributed by atoms with Gasteiger partial charge in [-0.05, 0) is 49.4 Å². The van der Waals surface area contributed by atoms with E-state index in [0.717, 1.165) is 24.1 Å². The second kappa shape index (κ2) is 7.07. The van der Waals surface area contributed by atoms with E-state index in [4.69, 9.17) is 5.73 Å². The molecular formula is C17H27FN2. The van der Waals surface area contributed by atoms with E-state index in [1.54, 1.807) is 12.1 Å². The Labute approximate surface area is 122 Å². The lowest BCUT2D eigenvalue weighted by Crippen LogP contribution is -2.34. The summed E-state index contributed by atoms with van der Waals surface area (Å²) in [6.07, 6.45) is 8.12. The third kappa shape index (κ3) is 3.72. The van der Waals surface area contributed by atoms with Crippen LogP contribution in [-0.2, 0) is 6.42 Å². The number of anilines is 1. The molecule has 0 aliphatic heterocycles. The van der Waals surface area contributed by atoms with Gasteiger partial charge in [0.15, 0.2) is 0 Å². The van der Waals surface area contributed by atoms with Crippen molar-refractivity contribution in [3.63, 3.8) is 0 Å². The predicted molar refractivity (Wildman–Crippen MR) is 83.6 cm³/mol. The van der Waals surface area contributed by atoms with Crippen molar-refractivity contribution < 1.29 is 4.39 Å². The molecule has 1 atom stereocenters. The van der Waals surface area contributed by atoms with Gasteiger partial charge < -0.3 is 10.6 Å². The maximum Gasteiger partial charge on any atom is 0.123 e. The largest absolute Gasteiger partial charge is 0.371 e. The number of hydrogen-bond acceptors (Lipinski definition) is 2. The van der Waals surface area contributed by atoms with E-state index in [9.17, 15) is 4.39 Å². The van der Waals surface area contributed by atoms with Gasteiger partial charge in [-0.25, -0.2) is 4.39 Å². The summed E-state index contributed by atoms with van der Waals surface area (Å²) < 4.78 is 13.5. The first-order valence-corrected chi connectivity index (χ1v) is 7.88. The Morgan fingerprint density at radius 3 is 2.65 bits per heavy atom. The van der Waals surface area contributed by atoms with Gasteiger partial charge >= 0.3 is 0 Å². The van der Waals surface area contributed by atoms with E-state index in [-0.39, 0.29) is 11.9 Å². The molecule has 112 valence electrons. The van der Waals surface area contributed by atoms with Crippen LogP contribution in [0, 0.1) is 5.82 Å². The third-order valence-corrected chi connectivity index (χ3v) is 4.55. The SMILES string of the molecule is CCC(N)Cc1cc(F)ccc1N(C)C1CCCCC1. The summed E-state index contributed by atoms with van der Waals surface area (Å²) in [5.74, 6) is -0.163. The van der Waals surface area contributed by atoms with Crippen LogP contribution < -0.4 is 10.6 Å². The maximum absolute atomic E-state index is 13.5. The zero-order valence-electron chi connectivity index (χ0n) is 12.7. The van der Waals surface area contributed by atoms with Gasteiger partial charge in [0, 0.05) is 24.8 Å². The Balaban J connectivity index is 2.20. The fourth-order valence-electron chi connectivity index (χ4n) is 3.15. The standard InChI is InChI=1S/C17H27FN2/c1-3-15(19)12-13-11-14(18)9-10-17(13)20(2)16-7-5-4-6-8-16/h9-11,15-16H,3-8,12,19H2,1-2H3. The molecule has 0 heterocycles. The minimum Gasteiger partial charge on any atom is -0.371 e. The molecule has 3 heteroatoms. The molecule has 1 aliphatic rings. The average Bonchev–Trinajstić information content (AvgIpc) is 2.47. The van der Waals surface area contributed by atoms with Crippen molar-refractivity contribution in [2.75, 3.05) is 11.9 Å². The van der Waals surface area contributed by atoms with Crippen LogP contribution in [0.15, 0.2) is 18.2 Å². The lowest BCUT2D eigenvalue weighted by Gasteiger charge is -2.34. The summed E-state index contributed by atoms with van der Waals surface area (Å²) in [5.41, 5.74) is 8.26. The second-order valence-corrected chi connectivity index (χ2v) is 6.05. The number of halogens is 1. The molecule has 0 aromatic heterocycles. The maximum atomic E-state index is 13.5. The highest BCUT2D eigenvalue weighted by Gasteiger charge is 2.20. The van der Waals surface area contributed by atoms with Gasteiger partial charge in [0.2, 0.25) is 0 Å². The quantitative estimate of drug-likeness (QED) is 0.885. The molecule has 0 spiro atoms. The highest BCUT2D eigenvalue weighted by atomic mass is 19.1. The number of nitrogens with two attached hydrogens (primary N) is 1. The fraction of sp³-hybridized carbons (Fsp3) is 0.647. The van der Waals surface area contributed by atoms with E-state index < -0.39 is 0 Å². The first kappa shape index (κ1) is 15.3. The molecule has 1 saturated carbocycles. The van der Waals surface area contributed by atoms with Gasteiger partial charge in [-0.2, -0.15) is 0 Å². The molecule has 1 aromatic carbocycles. The third-order valence-electron chi connectivity index (χ3n) is 4.55. The molecule has 1 aromatic rings. The summed E-state index contributed by atoms with van der Waals surface area (Å²) in [5, 5.41) is 0. The molecule has 1 aliphatic carbocycles. The van der Waals surface area contributed by atoms with Crippen molar-refractivity contribution in [1.29, 1.82) is 0 Å². The number of rotatable bonds is 5. The van der Waals surface area contributed by atoms with E-state index in [1.165, 1.54) is 32.1 Å². The number of benzene rings is 1. The molecular weight excluding hydrogens is 251 g/mol. The Morgan fingerprint density at radius 1 is 1.30 bits per heavy atom. The normalized spacial score (nSPS) is 18.0. The molecule has 1 fully saturated rings. The molecule has 0 saturated heterocycles. The minimum atomic E-state index is -0.163. The lowest BCUT2D eigenvalue weighted by molar-refractivity contribution is 0.427. The van der Waals surface area contributed by atoms with Crippen molar-refractivity contribution in [3.05, 3.63) is 29.6 Å². The lowest BCUT2D eigenvalue weighted by atomic mass is 9.93. The van der Waals surface area contributed by atoms with Crippen LogP contribution in [-0.4, -0.2) is 19.1 Å². The smallest absolute Gasteiger partial charge is 0.123 e. The Hall–Kier alpha value is -1.09. The zero-order valence-corrected chi connectivity index (χ0v) is 12.7. The van der Waals surface area contributed by atoms with E-state index in [2.05, 4.69) is 18.9 Å². The number of hydrogen-bond donors (Lipinski definition) is 1. The molecule has 20 heavy (non-hydrogen) atoms. The predicted octanol–water partition coefficient (Wildman–Crippen LogP) is 3.87. The molecule has 2 rings (SSSR count). The Kier molecular flexibility index (Phi) is 5.41. The topological polar surface area (TPSA) is 29.3 Å². The van der Waals surface area contributed by atoms with Crippen LogP contribution in [0.5, 0.6) is 0 Å². The molecule has 2 N–H and O–H groups in total. The summed E-state index contributed by atoms with van der Waals surface area (Å²) in [6.45, 7) is 2.08. The van der Waals surface area contributed by atoms with Crippen molar-refractivity contribution in [1.82, 2.24) is 0 Å². The second-order valence-electron chi connectivity index (χ2n) is 6.05. The van der Waals surface area contributed by atoms with Gasteiger partial charge in [-0.15, -0.1) is 0 Å². The van der Waals surface area contributed by atoms with Crippen molar-refractivity contribution in [3.8, 4) is 0 Å². The molecule has 2 nitrogen and oxygen atoms in total. The van der Waals surface area contributed by atoms with Gasteiger partial charge in [0.25, 0.3) is 0 Å². The monoisotopic (exact) mass is 278 g/mol. The molecule has 0 radical (unpaired) electrons. The van der Waals surface area contributed by atoms with Crippen molar-refractivity contribution >= 4 is 5.69 Å². The van der Waals surface area contributed by atoms with E-state index in [1.807, 2.05) is 6.07 Å². The van der Waals surface area contributed by atoms with Crippen LogP contribution in [0.1, 0.15) is 51.0 Å². The van der Waals surface area contributed by atoms with Crippen LogP contribution in [0.3, 0.4) is 0 Å². The van der Waals surface area contributed by atoms with Crippen LogP contribution in [0.25, 0.3) is 0 Å². The summed E-state index contributed by atoms with van der Waals surface area (Å²) >= 11 is 0. The highest BCUT2D eigenvalue weighted by molar-refractivity contribution is 5.54. The summed E-state index contributed by atoms with van der Waals surface area (Å²) in [6, 6.07) is 5.84.